The normalized spacial score (nSPS) is 14.3. The van der Waals surface area contributed by atoms with E-state index in [4.69, 9.17) is 9.15 Å². The van der Waals surface area contributed by atoms with E-state index >= 15 is 0 Å². The summed E-state index contributed by atoms with van der Waals surface area (Å²) in [5.74, 6) is -0.126. The van der Waals surface area contributed by atoms with E-state index in [9.17, 15) is 14.4 Å². The lowest BCUT2D eigenvalue weighted by molar-refractivity contribution is -0.123. The van der Waals surface area contributed by atoms with Crippen molar-refractivity contribution in [2.75, 3.05) is 7.11 Å². The molecule has 1 N–H and O–H groups in total. The van der Waals surface area contributed by atoms with Gasteiger partial charge in [-0.05, 0) is 74.8 Å². The van der Waals surface area contributed by atoms with Gasteiger partial charge in [0, 0.05) is 0 Å². The maximum absolute atomic E-state index is 12.9. The van der Waals surface area contributed by atoms with Crippen LogP contribution in [0.4, 0.5) is 4.79 Å². The Balaban J connectivity index is 1.27. The average molecular weight is 608 g/mol. The molecule has 3 amide bonds. The number of esters is 1. The number of urea groups is 1. The highest BCUT2D eigenvalue weighted by Gasteiger charge is 2.34. The second-order valence-electron chi connectivity index (χ2n) is 8.25. The number of fused-ring (bicyclic) bond motifs is 1. The summed E-state index contributed by atoms with van der Waals surface area (Å²) in [7, 11) is 1.24. The number of rotatable bonds is 7. The molecule has 1 fully saturated rings. The van der Waals surface area contributed by atoms with Crippen molar-refractivity contribution < 1.29 is 28.3 Å². The summed E-state index contributed by atoms with van der Waals surface area (Å²) in [5.41, 5.74) is 1.97. The van der Waals surface area contributed by atoms with Gasteiger partial charge in [0.25, 0.3) is 5.91 Å². The Kier molecular flexibility index (Phi) is 6.95. The Morgan fingerprint density at radius 2 is 1.86 bits per heavy atom. The van der Waals surface area contributed by atoms with E-state index < -0.39 is 17.9 Å². The molecular weight excluding hydrogens is 587 g/mol. The summed E-state index contributed by atoms with van der Waals surface area (Å²) in [5, 5.41) is 4.90. The fourth-order valence-electron chi connectivity index (χ4n) is 4.01. The van der Waals surface area contributed by atoms with Crippen LogP contribution in [-0.2, 0) is 22.7 Å². The number of nitrogens with one attached hydrogen (secondary N) is 1. The number of ether oxygens (including phenoxy) is 2. The molecule has 0 spiro atoms. The largest absolute Gasteiger partial charge is 0.488 e. The van der Waals surface area contributed by atoms with Crippen molar-refractivity contribution in [3.63, 3.8) is 0 Å². The molecule has 0 bridgehead atoms. The van der Waals surface area contributed by atoms with Crippen LogP contribution in [0.25, 0.3) is 16.8 Å². The number of carbonyl (C=O) groups excluding carboxylic acids is 3. The van der Waals surface area contributed by atoms with Crippen molar-refractivity contribution >= 4 is 57.3 Å². The zero-order valence-corrected chi connectivity index (χ0v) is 21.9. The van der Waals surface area contributed by atoms with Gasteiger partial charge in [0.2, 0.25) is 5.76 Å². The second kappa shape index (κ2) is 10.5. The SMILES string of the molecule is COC(=O)c1ccc(CN2C(=O)N/C(=C\c3ccc(OCc4cccc5ccccc45)c(I)c3)C2=O)o1. The van der Waals surface area contributed by atoms with Crippen LogP contribution in [0.1, 0.15) is 27.4 Å². The average Bonchev–Trinajstić information content (AvgIpc) is 3.48. The van der Waals surface area contributed by atoms with Crippen molar-refractivity contribution in [2.45, 2.75) is 13.2 Å². The highest BCUT2D eigenvalue weighted by Crippen LogP contribution is 2.27. The number of hydrogen-bond donors (Lipinski definition) is 1. The zero-order chi connectivity index (χ0) is 25.9. The Labute approximate surface area is 226 Å². The van der Waals surface area contributed by atoms with Crippen LogP contribution >= 0.6 is 22.6 Å². The van der Waals surface area contributed by atoms with Crippen LogP contribution < -0.4 is 10.1 Å². The van der Waals surface area contributed by atoms with E-state index in [2.05, 4.69) is 50.8 Å². The predicted molar refractivity (Wildman–Crippen MR) is 145 cm³/mol. The molecule has 0 radical (unpaired) electrons. The van der Waals surface area contributed by atoms with Crippen LogP contribution in [-0.4, -0.2) is 29.9 Å². The third-order valence-corrected chi connectivity index (χ3v) is 6.70. The molecule has 186 valence electrons. The quantitative estimate of drug-likeness (QED) is 0.129. The topological polar surface area (TPSA) is 98.1 Å². The van der Waals surface area contributed by atoms with Gasteiger partial charge in [-0.15, -0.1) is 0 Å². The lowest BCUT2D eigenvalue weighted by Gasteiger charge is -2.11. The summed E-state index contributed by atoms with van der Waals surface area (Å²) in [6.07, 6.45) is 1.61. The van der Waals surface area contributed by atoms with Crippen LogP contribution in [0.3, 0.4) is 0 Å². The lowest BCUT2D eigenvalue weighted by atomic mass is 10.1. The maximum atomic E-state index is 12.9. The van der Waals surface area contributed by atoms with Crippen LogP contribution in [0.15, 0.2) is 82.9 Å². The van der Waals surface area contributed by atoms with E-state index in [-0.39, 0.29) is 23.8 Å². The van der Waals surface area contributed by atoms with E-state index in [1.807, 2.05) is 42.5 Å². The predicted octanol–water partition coefficient (Wildman–Crippen LogP) is 5.50. The van der Waals surface area contributed by atoms with Crippen LogP contribution in [0.5, 0.6) is 5.75 Å². The first kappa shape index (κ1) is 24.6. The summed E-state index contributed by atoms with van der Waals surface area (Å²) in [6.45, 7) is 0.309. The summed E-state index contributed by atoms with van der Waals surface area (Å²) in [6, 6.07) is 22.2. The third-order valence-electron chi connectivity index (χ3n) is 5.85. The smallest absolute Gasteiger partial charge is 0.373 e. The van der Waals surface area contributed by atoms with Crippen molar-refractivity contribution in [3.05, 3.63) is 105 Å². The zero-order valence-electron chi connectivity index (χ0n) is 19.7. The van der Waals surface area contributed by atoms with Gasteiger partial charge in [0.05, 0.1) is 17.2 Å². The number of furan rings is 1. The van der Waals surface area contributed by atoms with E-state index in [0.29, 0.717) is 6.61 Å². The first-order valence-corrected chi connectivity index (χ1v) is 12.4. The number of imide groups is 1. The Morgan fingerprint density at radius 3 is 2.68 bits per heavy atom. The third kappa shape index (κ3) is 5.21. The number of hydrogen-bond acceptors (Lipinski definition) is 6. The van der Waals surface area contributed by atoms with Gasteiger partial charge < -0.3 is 19.2 Å². The first-order valence-electron chi connectivity index (χ1n) is 11.3. The molecule has 1 aromatic heterocycles. The molecule has 3 aromatic carbocycles. The number of amides is 3. The highest BCUT2D eigenvalue weighted by molar-refractivity contribution is 14.1. The number of methoxy groups -OCH3 is 1. The summed E-state index contributed by atoms with van der Waals surface area (Å²) < 4.78 is 16.9. The molecule has 8 nitrogen and oxygen atoms in total. The van der Waals surface area contributed by atoms with Gasteiger partial charge in [0.1, 0.15) is 23.8 Å². The molecule has 1 saturated heterocycles. The molecular formula is C28H21IN2O6. The molecule has 1 aliphatic heterocycles. The summed E-state index contributed by atoms with van der Waals surface area (Å²) in [4.78, 5) is 37.9. The van der Waals surface area contributed by atoms with Gasteiger partial charge in [-0.25, -0.2) is 9.59 Å². The fourth-order valence-corrected chi connectivity index (χ4v) is 4.70. The maximum Gasteiger partial charge on any atom is 0.373 e. The molecule has 4 aromatic rings. The molecule has 0 aliphatic carbocycles. The molecule has 37 heavy (non-hydrogen) atoms. The van der Waals surface area contributed by atoms with Gasteiger partial charge in [0.15, 0.2) is 0 Å². The molecule has 9 heteroatoms. The molecule has 0 unspecified atom stereocenters. The lowest BCUT2D eigenvalue weighted by Crippen LogP contribution is -2.30. The van der Waals surface area contributed by atoms with Gasteiger partial charge >= 0.3 is 12.0 Å². The summed E-state index contributed by atoms with van der Waals surface area (Å²) >= 11 is 2.19. The van der Waals surface area contributed by atoms with E-state index in [1.165, 1.54) is 19.2 Å². The number of benzene rings is 3. The molecule has 1 aliphatic rings. The second-order valence-corrected chi connectivity index (χ2v) is 9.42. The molecule has 0 atom stereocenters. The fraction of sp³-hybridized carbons (Fsp3) is 0.107. The van der Waals surface area contributed by atoms with Crippen molar-refractivity contribution in [3.8, 4) is 5.75 Å². The van der Waals surface area contributed by atoms with Gasteiger partial charge in [-0.3, -0.25) is 9.69 Å². The van der Waals surface area contributed by atoms with Crippen LogP contribution in [0.2, 0.25) is 0 Å². The Bertz CT molecular complexity index is 1550. The van der Waals surface area contributed by atoms with Crippen molar-refractivity contribution in [1.29, 1.82) is 0 Å². The molecule has 0 saturated carbocycles. The van der Waals surface area contributed by atoms with Gasteiger partial charge in [-0.1, -0.05) is 48.5 Å². The Morgan fingerprint density at radius 1 is 1.05 bits per heavy atom. The minimum absolute atomic E-state index is 0.00217. The standard InChI is InChI=1S/C28H21IN2O6/c1-35-27(33)25-12-10-20(37-25)15-31-26(32)23(30-28(31)34)14-17-9-11-24(22(29)13-17)36-16-19-7-4-6-18-5-2-3-8-21(18)19/h2-14H,15-16H2,1H3,(H,30,34)/b23-14-. The van der Waals surface area contributed by atoms with E-state index in [1.54, 1.807) is 6.08 Å². The van der Waals surface area contributed by atoms with Crippen molar-refractivity contribution in [1.82, 2.24) is 10.2 Å². The highest BCUT2D eigenvalue weighted by atomic mass is 127. The monoisotopic (exact) mass is 608 g/mol. The number of halogens is 1. The number of nitrogens with zero attached hydrogens (tertiary/aromatic N) is 1. The van der Waals surface area contributed by atoms with Crippen molar-refractivity contribution in [2.24, 2.45) is 0 Å². The molecule has 2 heterocycles. The number of carbonyl (C=O) groups is 3. The molecule has 5 rings (SSSR count). The van der Waals surface area contributed by atoms with Crippen LogP contribution in [0, 0.1) is 3.57 Å². The Hall–Kier alpha value is -4.12. The minimum atomic E-state index is -0.636. The van der Waals surface area contributed by atoms with Gasteiger partial charge in [-0.2, -0.15) is 0 Å². The minimum Gasteiger partial charge on any atom is -0.488 e. The first-order chi connectivity index (χ1) is 17.9. The van der Waals surface area contributed by atoms with E-state index in [0.717, 1.165) is 36.1 Å².